The van der Waals surface area contributed by atoms with Crippen LogP contribution in [0.15, 0.2) is 68.1 Å². The van der Waals surface area contributed by atoms with Crippen LogP contribution in [0.2, 0.25) is 0 Å². The number of benzene rings is 2. The smallest absolute Gasteiger partial charge is 0.0552 e. The van der Waals surface area contributed by atoms with E-state index in [0.717, 1.165) is 37.9 Å². The monoisotopic (exact) mass is 446 g/mol. The molecule has 0 radical (unpaired) electrons. The first-order chi connectivity index (χ1) is 14.1. The van der Waals surface area contributed by atoms with Gasteiger partial charge in [-0.05, 0) is 61.4 Å². The van der Waals surface area contributed by atoms with E-state index in [1.807, 2.05) is 35.3 Å². The van der Waals surface area contributed by atoms with Gasteiger partial charge in [-0.3, -0.25) is 0 Å². The minimum atomic E-state index is 0.403. The van der Waals surface area contributed by atoms with Crippen molar-refractivity contribution in [1.29, 1.82) is 0 Å². The average Bonchev–Trinajstić information content (AvgIpc) is 2.69. The fourth-order valence-corrected chi connectivity index (χ4v) is 6.54. The predicted molar refractivity (Wildman–Crippen MR) is 126 cm³/mol. The number of hydrogen-bond donors (Lipinski definition) is 0. The largest absolute Gasteiger partial charge is 0.380 e. The molecule has 2 nitrogen and oxygen atoms in total. The lowest BCUT2D eigenvalue weighted by atomic mass is 9.86. The van der Waals surface area contributed by atoms with Gasteiger partial charge in [-0.1, -0.05) is 25.6 Å². The van der Waals surface area contributed by atoms with Gasteiger partial charge in [0, 0.05) is 41.9 Å². The molecule has 0 aliphatic carbocycles. The normalized spacial score (nSPS) is 19.4. The summed E-state index contributed by atoms with van der Waals surface area (Å²) in [5.74, 6) is 2.31. The molecular formula is C24H30O2S3. The average molecular weight is 447 g/mol. The standard InChI is InChI=1S/C24H30O2S3/c1-3-23(13-25-14-23)17-27-19-5-9-21(10-6-19)29-22-11-7-20(8-12-22)28-18-24(4-2)15-26-16-24/h5-12H,3-4,13-18H2,1-2H3. The summed E-state index contributed by atoms with van der Waals surface area (Å²) in [5, 5.41) is 0. The maximum absolute atomic E-state index is 5.43. The van der Waals surface area contributed by atoms with Gasteiger partial charge in [-0.25, -0.2) is 0 Å². The topological polar surface area (TPSA) is 18.5 Å². The van der Waals surface area contributed by atoms with Crippen molar-refractivity contribution in [2.24, 2.45) is 10.8 Å². The van der Waals surface area contributed by atoms with E-state index >= 15 is 0 Å². The molecule has 0 saturated carbocycles. The summed E-state index contributed by atoms with van der Waals surface area (Å²) in [5.41, 5.74) is 0.806. The Morgan fingerprint density at radius 3 is 1.24 bits per heavy atom. The molecule has 0 atom stereocenters. The highest BCUT2D eigenvalue weighted by Gasteiger charge is 2.37. The lowest BCUT2D eigenvalue weighted by molar-refractivity contribution is -0.0994. The van der Waals surface area contributed by atoms with E-state index in [9.17, 15) is 0 Å². The summed E-state index contributed by atoms with van der Waals surface area (Å²) in [4.78, 5) is 5.29. The number of rotatable bonds is 10. The molecule has 0 N–H and O–H groups in total. The van der Waals surface area contributed by atoms with Crippen LogP contribution in [0.25, 0.3) is 0 Å². The second kappa shape index (κ2) is 9.69. The van der Waals surface area contributed by atoms with Gasteiger partial charge in [0.15, 0.2) is 0 Å². The Bertz CT molecular complexity index is 702. The molecule has 0 aromatic heterocycles. The van der Waals surface area contributed by atoms with Crippen LogP contribution in [-0.2, 0) is 9.47 Å². The van der Waals surface area contributed by atoms with Crippen molar-refractivity contribution in [3.8, 4) is 0 Å². The molecule has 2 heterocycles. The van der Waals surface area contributed by atoms with Crippen molar-refractivity contribution in [2.75, 3.05) is 37.9 Å². The first-order valence-corrected chi connectivity index (χ1v) is 13.2. The zero-order chi connectivity index (χ0) is 20.2. The first kappa shape index (κ1) is 21.6. The molecule has 29 heavy (non-hydrogen) atoms. The number of thioether (sulfide) groups is 2. The second-order valence-corrected chi connectivity index (χ2v) is 11.6. The van der Waals surface area contributed by atoms with Gasteiger partial charge in [-0.2, -0.15) is 0 Å². The van der Waals surface area contributed by atoms with Crippen molar-refractivity contribution >= 4 is 35.3 Å². The molecule has 0 bridgehead atoms. The van der Waals surface area contributed by atoms with Crippen molar-refractivity contribution in [1.82, 2.24) is 0 Å². The molecule has 0 amide bonds. The second-order valence-electron chi connectivity index (χ2n) is 8.31. The van der Waals surface area contributed by atoms with Gasteiger partial charge in [0.05, 0.1) is 26.4 Å². The van der Waals surface area contributed by atoms with E-state index in [2.05, 4.69) is 62.4 Å². The van der Waals surface area contributed by atoms with Gasteiger partial charge >= 0.3 is 0 Å². The third-order valence-corrected chi connectivity index (χ3v) is 9.85. The zero-order valence-corrected chi connectivity index (χ0v) is 19.8. The highest BCUT2D eigenvalue weighted by Crippen LogP contribution is 2.39. The molecule has 2 saturated heterocycles. The highest BCUT2D eigenvalue weighted by atomic mass is 32.2. The van der Waals surface area contributed by atoms with Crippen LogP contribution in [0.5, 0.6) is 0 Å². The van der Waals surface area contributed by atoms with Crippen molar-refractivity contribution in [3.05, 3.63) is 48.5 Å². The minimum absolute atomic E-state index is 0.403. The van der Waals surface area contributed by atoms with Crippen molar-refractivity contribution < 1.29 is 9.47 Å². The molecule has 2 aromatic carbocycles. The van der Waals surface area contributed by atoms with Crippen LogP contribution in [0, 0.1) is 10.8 Å². The van der Waals surface area contributed by atoms with E-state index in [0.29, 0.717) is 10.8 Å². The van der Waals surface area contributed by atoms with Gasteiger partial charge in [-0.15, -0.1) is 23.5 Å². The summed E-state index contributed by atoms with van der Waals surface area (Å²) >= 11 is 5.75. The molecule has 0 spiro atoms. The SMILES string of the molecule is CCC1(CSc2ccc(Sc3ccc(SCC4(CC)COC4)cc3)cc2)COC1. The molecular weight excluding hydrogens is 416 g/mol. The molecule has 156 valence electrons. The van der Waals surface area contributed by atoms with Crippen LogP contribution < -0.4 is 0 Å². The third-order valence-electron chi connectivity index (χ3n) is 6.11. The first-order valence-electron chi connectivity index (χ1n) is 10.4. The van der Waals surface area contributed by atoms with Crippen molar-refractivity contribution in [2.45, 2.75) is 46.3 Å². The summed E-state index contributed by atoms with van der Waals surface area (Å²) in [6.07, 6.45) is 2.41. The molecule has 2 fully saturated rings. The summed E-state index contributed by atoms with van der Waals surface area (Å²) in [6.45, 7) is 8.24. The maximum atomic E-state index is 5.43. The molecule has 5 heteroatoms. The summed E-state index contributed by atoms with van der Waals surface area (Å²) in [7, 11) is 0. The van der Waals surface area contributed by atoms with Gasteiger partial charge in [0.25, 0.3) is 0 Å². The molecule has 2 aliphatic heterocycles. The predicted octanol–water partition coefficient (Wildman–Crippen LogP) is 6.88. The Balaban J connectivity index is 1.26. The van der Waals surface area contributed by atoms with Crippen LogP contribution in [0.1, 0.15) is 26.7 Å². The number of ether oxygens (including phenoxy) is 2. The van der Waals surface area contributed by atoms with Crippen LogP contribution in [-0.4, -0.2) is 37.9 Å². The lowest BCUT2D eigenvalue weighted by Gasteiger charge is -2.40. The summed E-state index contributed by atoms with van der Waals surface area (Å²) in [6, 6.07) is 18.0. The Labute approximate surface area is 187 Å². The Morgan fingerprint density at radius 1 is 0.621 bits per heavy atom. The molecule has 4 rings (SSSR count). The minimum Gasteiger partial charge on any atom is -0.380 e. The Hall–Kier alpha value is -0.590. The third kappa shape index (κ3) is 5.37. The molecule has 2 aliphatic rings. The van der Waals surface area contributed by atoms with Gasteiger partial charge in [0.2, 0.25) is 0 Å². The van der Waals surface area contributed by atoms with E-state index in [-0.39, 0.29) is 0 Å². The van der Waals surface area contributed by atoms with Crippen LogP contribution in [0.3, 0.4) is 0 Å². The highest BCUT2D eigenvalue weighted by molar-refractivity contribution is 8.00. The quantitative estimate of drug-likeness (QED) is 0.369. The van der Waals surface area contributed by atoms with E-state index in [1.165, 1.54) is 32.4 Å². The molecule has 2 aromatic rings. The summed E-state index contributed by atoms with van der Waals surface area (Å²) < 4.78 is 10.9. The fourth-order valence-electron chi connectivity index (χ4n) is 3.38. The van der Waals surface area contributed by atoms with E-state index < -0.39 is 0 Å². The Kier molecular flexibility index (Phi) is 7.23. The fraction of sp³-hybridized carbons (Fsp3) is 0.500. The molecule has 0 unspecified atom stereocenters. The Morgan fingerprint density at radius 2 is 0.966 bits per heavy atom. The zero-order valence-electron chi connectivity index (χ0n) is 17.3. The maximum Gasteiger partial charge on any atom is 0.0552 e. The number of hydrogen-bond acceptors (Lipinski definition) is 5. The lowest BCUT2D eigenvalue weighted by Crippen LogP contribution is -2.44. The van der Waals surface area contributed by atoms with E-state index in [1.54, 1.807) is 0 Å². The van der Waals surface area contributed by atoms with Crippen LogP contribution >= 0.6 is 35.3 Å². The van der Waals surface area contributed by atoms with Crippen molar-refractivity contribution in [3.63, 3.8) is 0 Å². The van der Waals surface area contributed by atoms with Gasteiger partial charge in [0.1, 0.15) is 0 Å². The van der Waals surface area contributed by atoms with Gasteiger partial charge < -0.3 is 9.47 Å². The van der Waals surface area contributed by atoms with Crippen LogP contribution in [0.4, 0.5) is 0 Å². The van der Waals surface area contributed by atoms with E-state index in [4.69, 9.17) is 9.47 Å².